The van der Waals surface area contributed by atoms with Gasteiger partial charge in [0.1, 0.15) is 5.82 Å². The van der Waals surface area contributed by atoms with Crippen molar-refractivity contribution in [2.24, 2.45) is 5.92 Å². The Morgan fingerprint density at radius 3 is 2.35 bits per heavy atom. The van der Waals surface area contributed by atoms with Crippen molar-refractivity contribution in [3.05, 3.63) is 69.5 Å². The number of aryl methyl sites for hydroxylation is 2. The molecule has 166 valence electrons. The molecule has 1 aliphatic carbocycles. The van der Waals surface area contributed by atoms with Gasteiger partial charge in [0.15, 0.2) is 0 Å². The smallest absolute Gasteiger partial charge is 0.246 e. The molecule has 0 saturated heterocycles. The van der Waals surface area contributed by atoms with Crippen LogP contribution in [-0.2, 0) is 5.54 Å². The molecule has 1 saturated carbocycles. The summed E-state index contributed by atoms with van der Waals surface area (Å²) in [6.07, 6.45) is 3.48. The summed E-state index contributed by atoms with van der Waals surface area (Å²) in [6, 6.07) is 14.4. The minimum Gasteiger partial charge on any atom is -0.330 e. The maximum Gasteiger partial charge on any atom is 0.246 e. The molecule has 0 bridgehead atoms. The fourth-order valence-electron chi connectivity index (χ4n) is 4.28. The van der Waals surface area contributed by atoms with Gasteiger partial charge in [0.05, 0.1) is 16.2 Å². The molecule has 0 unspecified atom stereocenters. The highest BCUT2D eigenvalue weighted by atomic mass is 35.5. The number of anilines is 1. The molecule has 4 nitrogen and oxygen atoms in total. The van der Waals surface area contributed by atoms with Crippen molar-refractivity contribution in [3.8, 4) is 5.69 Å². The summed E-state index contributed by atoms with van der Waals surface area (Å²) in [5.41, 5.74) is 3.24. The van der Waals surface area contributed by atoms with Crippen molar-refractivity contribution in [1.82, 2.24) is 14.8 Å². The van der Waals surface area contributed by atoms with Gasteiger partial charge in [-0.25, -0.2) is 4.68 Å². The summed E-state index contributed by atoms with van der Waals surface area (Å²) in [5, 5.41) is 6.08. The van der Waals surface area contributed by atoms with Gasteiger partial charge in [-0.3, -0.25) is 0 Å². The first kappa shape index (κ1) is 23.9. The third kappa shape index (κ3) is 4.57. The predicted octanol–water partition coefficient (Wildman–Crippen LogP) is 7.15. The third-order valence-electron chi connectivity index (χ3n) is 6.15. The van der Waals surface area contributed by atoms with Gasteiger partial charge >= 0.3 is 0 Å². The summed E-state index contributed by atoms with van der Waals surface area (Å²) >= 11 is 12.5. The molecule has 2 aromatic carbocycles. The second-order valence-electron chi connectivity index (χ2n) is 8.41. The van der Waals surface area contributed by atoms with Gasteiger partial charge in [0.2, 0.25) is 5.95 Å². The molecule has 1 aromatic heterocycles. The van der Waals surface area contributed by atoms with E-state index in [0.29, 0.717) is 16.0 Å². The van der Waals surface area contributed by atoms with Gasteiger partial charge in [-0.05, 0) is 69.7 Å². The molecule has 1 fully saturated rings. The molecule has 1 aliphatic rings. The molecule has 1 atom stereocenters. The van der Waals surface area contributed by atoms with Crippen molar-refractivity contribution in [3.63, 3.8) is 0 Å². The largest absolute Gasteiger partial charge is 0.330 e. The Labute approximate surface area is 201 Å². The Bertz CT molecular complexity index is 1040. The van der Waals surface area contributed by atoms with Crippen LogP contribution >= 0.6 is 35.6 Å². The second kappa shape index (κ2) is 9.40. The molecule has 1 heterocycles. The second-order valence-corrected chi connectivity index (χ2v) is 9.25. The van der Waals surface area contributed by atoms with Crippen LogP contribution in [0.4, 0.5) is 5.95 Å². The zero-order valence-corrected chi connectivity index (χ0v) is 20.7. The number of benzene rings is 2. The monoisotopic (exact) mass is 478 g/mol. The highest BCUT2D eigenvalue weighted by molar-refractivity contribution is 6.35. The number of nitrogens with zero attached hydrogens (tertiary/aromatic N) is 4. The molecule has 0 N–H and O–H groups in total. The number of halogens is 3. The van der Waals surface area contributed by atoms with Crippen LogP contribution in [0.2, 0.25) is 10.0 Å². The summed E-state index contributed by atoms with van der Waals surface area (Å²) in [6.45, 7) is 9.53. The molecule has 0 spiro atoms. The molecule has 31 heavy (non-hydrogen) atoms. The van der Waals surface area contributed by atoms with Crippen LogP contribution in [0.15, 0.2) is 42.5 Å². The van der Waals surface area contributed by atoms with E-state index in [1.807, 2.05) is 23.7 Å². The summed E-state index contributed by atoms with van der Waals surface area (Å²) in [7, 11) is 0. The van der Waals surface area contributed by atoms with E-state index in [4.69, 9.17) is 33.3 Å². The summed E-state index contributed by atoms with van der Waals surface area (Å²) in [5.74, 6) is 2.14. The normalized spacial score (nSPS) is 15.3. The number of hydrogen-bond acceptors (Lipinski definition) is 3. The van der Waals surface area contributed by atoms with Gasteiger partial charge in [0.25, 0.3) is 0 Å². The average Bonchev–Trinajstić information content (AvgIpc) is 3.50. The van der Waals surface area contributed by atoms with Crippen LogP contribution in [0.3, 0.4) is 0 Å². The SMILES string of the molecule is CCCN(c1nc(C)n(-c2ccc(Cl)cc2Cl)n1)[C@](C)(c1ccc(C)cc1)C1CC1.Cl. The van der Waals surface area contributed by atoms with Gasteiger partial charge in [-0.1, -0.05) is 60.0 Å². The van der Waals surface area contributed by atoms with E-state index in [1.54, 1.807) is 6.07 Å². The van der Waals surface area contributed by atoms with E-state index >= 15 is 0 Å². The zero-order valence-electron chi connectivity index (χ0n) is 18.4. The van der Waals surface area contributed by atoms with E-state index in [2.05, 4.69) is 49.9 Å². The molecule has 7 heteroatoms. The van der Waals surface area contributed by atoms with E-state index in [-0.39, 0.29) is 17.9 Å². The quantitative estimate of drug-likeness (QED) is 0.360. The number of hydrogen-bond donors (Lipinski definition) is 0. The Morgan fingerprint density at radius 2 is 1.77 bits per heavy atom. The molecular formula is C24H29Cl3N4. The molecule has 0 radical (unpaired) electrons. The van der Waals surface area contributed by atoms with Crippen molar-refractivity contribution in [2.45, 2.75) is 52.5 Å². The fraction of sp³-hybridized carbons (Fsp3) is 0.417. The number of aromatic nitrogens is 3. The molecule has 0 amide bonds. The lowest BCUT2D eigenvalue weighted by Crippen LogP contribution is -2.47. The van der Waals surface area contributed by atoms with Crippen LogP contribution in [0.1, 0.15) is 50.1 Å². The fourth-order valence-corrected chi connectivity index (χ4v) is 4.77. The van der Waals surface area contributed by atoms with Crippen LogP contribution in [0.5, 0.6) is 0 Å². The Hall–Kier alpha value is -1.75. The summed E-state index contributed by atoms with van der Waals surface area (Å²) < 4.78 is 1.82. The first-order chi connectivity index (χ1) is 14.3. The molecule has 4 rings (SSSR count). The van der Waals surface area contributed by atoms with E-state index in [9.17, 15) is 0 Å². The molecular weight excluding hydrogens is 451 g/mol. The van der Waals surface area contributed by atoms with Crippen LogP contribution in [0.25, 0.3) is 5.69 Å². The lowest BCUT2D eigenvalue weighted by atomic mass is 9.84. The highest BCUT2D eigenvalue weighted by Crippen LogP contribution is 2.50. The van der Waals surface area contributed by atoms with Crippen molar-refractivity contribution < 1.29 is 0 Å². The van der Waals surface area contributed by atoms with E-state index < -0.39 is 0 Å². The van der Waals surface area contributed by atoms with Gasteiger partial charge in [-0.15, -0.1) is 17.5 Å². The lowest BCUT2D eigenvalue weighted by Gasteiger charge is -2.42. The standard InChI is InChI=1S/C24H28Cl2N4.ClH/c1-5-14-29(24(4,19-10-11-19)18-8-6-16(2)7-9-18)23-27-17(3)30(28-23)22-13-12-20(25)15-21(22)26;/h6-9,12-13,15,19H,5,10-11,14H2,1-4H3;1H/t24-;/m1./s1. The minimum absolute atomic E-state index is 0. The zero-order chi connectivity index (χ0) is 21.5. The van der Waals surface area contributed by atoms with Gasteiger partial charge < -0.3 is 4.90 Å². The molecule has 3 aromatic rings. The maximum atomic E-state index is 6.46. The van der Waals surface area contributed by atoms with Gasteiger partial charge in [0, 0.05) is 11.6 Å². The Morgan fingerprint density at radius 1 is 1.10 bits per heavy atom. The van der Waals surface area contributed by atoms with Crippen LogP contribution < -0.4 is 4.90 Å². The van der Waals surface area contributed by atoms with E-state index in [1.165, 1.54) is 24.0 Å². The van der Waals surface area contributed by atoms with Crippen LogP contribution in [0, 0.1) is 19.8 Å². The Balaban J connectivity index is 0.00000272. The summed E-state index contributed by atoms with van der Waals surface area (Å²) in [4.78, 5) is 7.27. The number of rotatable bonds is 7. The van der Waals surface area contributed by atoms with Crippen molar-refractivity contribution >= 4 is 41.6 Å². The minimum atomic E-state index is -0.147. The predicted molar refractivity (Wildman–Crippen MR) is 132 cm³/mol. The topological polar surface area (TPSA) is 34.0 Å². The first-order valence-corrected chi connectivity index (χ1v) is 11.3. The first-order valence-electron chi connectivity index (χ1n) is 10.6. The molecule has 0 aliphatic heterocycles. The highest BCUT2D eigenvalue weighted by Gasteiger charge is 2.48. The average molecular weight is 480 g/mol. The van der Waals surface area contributed by atoms with E-state index in [0.717, 1.165) is 30.4 Å². The Kier molecular flexibility index (Phi) is 7.25. The maximum absolute atomic E-state index is 6.46. The van der Waals surface area contributed by atoms with Gasteiger partial charge in [-0.2, -0.15) is 4.98 Å². The van der Waals surface area contributed by atoms with Crippen molar-refractivity contribution in [2.75, 3.05) is 11.4 Å². The van der Waals surface area contributed by atoms with Crippen molar-refractivity contribution in [1.29, 1.82) is 0 Å². The van der Waals surface area contributed by atoms with Crippen LogP contribution in [-0.4, -0.2) is 21.3 Å². The lowest BCUT2D eigenvalue weighted by molar-refractivity contribution is 0.374. The third-order valence-corrected chi connectivity index (χ3v) is 6.69.